The average Bonchev–Trinajstić information content (AvgIpc) is 2.96. The quantitative estimate of drug-likeness (QED) is 0.898. The molecule has 1 aromatic carbocycles. The first kappa shape index (κ1) is 16.7. The van der Waals surface area contributed by atoms with Crippen LogP contribution in [0, 0.1) is 24.6 Å². The smallest absolute Gasteiger partial charge is 0.246 e. The highest BCUT2D eigenvalue weighted by molar-refractivity contribution is 7.89. The van der Waals surface area contributed by atoms with Crippen molar-refractivity contribution in [1.82, 2.24) is 4.31 Å². The minimum Gasteiger partial charge on any atom is -0.327 e. The highest BCUT2D eigenvalue weighted by Gasteiger charge is 2.45. The minimum absolute atomic E-state index is 0. The molecule has 3 rings (SSSR count). The van der Waals surface area contributed by atoms with Gasteiger partial charge in [0.1, 0.15) is 10.7 Å². The highest BCUT2D eigenvalue weighted by Crippen LogP contribution is 2.39. The van der Waals surface area contributed by atoms with Gasteiger partial charge in [-0.2, -0.15) is 4.31 Å². The zero-order chi connectivity index (χ0) is 14.5. The van der Waals surface area contributed by atoms with Gasteiger partial charge in [0.15, 0.2) is 0 Å². The lowest BCUT2D eigenvalue weighted by atomic mass is 9.98. The summed E-state index contributed by atoms with van der Waals surface area (Å²) in [7, 11) is -3.75. The second kappa shape index (κ2) is 5.83. The van der Waals surface area contributed by atoms with Crippen LogP contribution in [0.2, 0.25) is 0 Å². The number of nitrogens with two attached hydrogens (primary N) is 1. The molecule has 0 amide bonds. The topological polar surface area (TPSA) is 63.4 Å². The van der Waals surface area contributed by atoms with E-state index < -0.39 is 15.8 Å². The first-order valence-corrected chi connectivity index (χ1v) is 8.36. The van der Waals surface area contributed by atoms with Crippen LogP contribution in [0.4, 0.5) is 4.39 Å². The van der Waals surface area contributed by atoms with Crippen LogP contribution in [0.25, 0.3) is 0 Å². The fraction of sp³-hybridized carbons (Fsp3) is 0.571. The molecule has 0 radical (unpaired) electrons. The maximum absolute atomic E-state index is 14.1. The molecular formula is C14H20ClFN2O2S. The highest BCUT2D eigenvalue weighted by atomic mass is 35.5. The molecule has 1 aliphatic heterocycles. The number of fused-ring (bicyclic) bond motifs is 1. The van der Waals surface area contributed by atoms with Crippen LogP contribution in [0.1, 0.15) is 18.4 Å². The first-order chi connectivity index (χ1) is 9.41. The van der Waals surface area contributed by atoms with Gasteiger partial charge in [0.25, 0.3) is 0 Å². The number of benzene rings is 1. The largest absolute Gasteiger partial charge is 0.327 e. The average molecular weight is 335 g/mol. The Balaban J connectivity index is 0.00000161. The van der Waals surface area contributed by atoms with Crippen LogP contribution >= 0.6 is 12.4 Å². The van der Waals surface area contributed by atoms with E-state index in [1.54, 1.807) is 19.1 Å². The van der Waals surface area contributed by atoms with E-state index in [4.69, 9.17) is 5.73 Å². The molecule has 118 valence electrons. The fourth-order valence-corrected chi connectivity index (χ4v) is 5.09. The van der Waals surface area contributed by atoms with Crippen molar-refractivity contribution in [2.24, 2.45) is 17.6 Å². The van der Waals surface area contributed by atoms with Gasteiger partial charge in [-0.3, -0.25) is 0 Å². The molecule has 3 unspecified atom stereocenters. The Morgan fingerprint density at radius 1 is 1.29 bits per heavy atom. The second-order valence-corrected chi connectivity index (χ2v) is 7.78. The van der Waals surface area contributed by atoms with E-state index in [9.17, 15) is 12.8 Å². The molecule has 2 N–H and O–H groups in total. The summed E-state index contributed by atoms with van der Waals surface area (Å²) in [6.07, 6.45) is 1.93. The summed E-state index contributed by atoms with van der Waals surface area (Å²) in [6.45, 7) is 2.46. The summed E-state index contributed by atoms with van der Waals surface area (Å²) in [5.41, 5.74) is 6.37. The van der Waals surface area contributed by atoms with Crippen LogP contribution in [0.5, 0.6) is 0 Å². The van der Waals surface area contributed by atoms with Crippen molar-refractivity contribution in [2.75, 3.05) is 13.1 Å². The number of aryl methyl sites for hydroxylation is 1. The number of hydrogen-bond donors (Lipinski definition) is 1. The van der Waals surface area contributed by atoms with E-state index in [1.807, 2.05) is 0 Å². The van der Waals surface area contributed by atoms with Crippen molar-refractivity contribution in [3.05, 3.63) is 29.6 Å². The normalized spacial score (nSPS) is 29.2. The second-order valence-electron chi connectivity index (χ2n) is 5.87. The molecule has 2 aliphatic rings. The van der Waals surface area contributed by atoms with Crippen LogP contribution in [0.3, 0.4) is 0 Å². The Kier molecular flexibility index (Phi) is 4.63. The molecule has 4 nitrogen and oxygen atoms in total. The van der Waals surface area contributed by atoms with E-state index in [0.29, 0.717) is 24.6 Å². The lowest BCUT2D eigenvalue weighted by Gasteiger charge is -2.19. The molecule has 7 heteroatoms. The molecule has 2 fully saturated rings. The first-order valence-electron chi connectivity index (χ1n) is 6.92. The van der Waals surface area contributed by atoms with Gasteiger partial charge in [-0.05, 0) is 43.2 Å². The van der Waals surface area contributed by atoms with Crippen LogP contribution in [-0.4, -0.2) is 31.9 Å². The monoisotopic (exact) mass is 334 g/mol. The third kappa shape index (κ3) is 2.70. The van der Waals surface area contributed by atoms with Gasteiger partial charge in [-0.15, -0.1) is 12.4 Å². The van der Waals surface area contributed by atoms with Crippen molar-refractivity contribution in [2.45, 2.75) is 30.7 Å². The Morgan fingerprint density at radius 3 is 2.67 bits per heavy atom. The van der Waals surface area contributed by atoms with Gasteiger partial charge in [0, 0.05) is 19.1 Å². The number of halogens is 2. The molecule has 1 heterocycles. The molecule has 0 aromatic heterocycles. The van der Waals surface area contributed by atoms with Gasteiger partial charge >= 0.3 is 0 Å². The molecule has 1 aliphatic carbocycles. The van der Waals surface area contributed by atoms with Crippen molar-refractivity contribution >= 4 is 22.4 Å². The Hall–Kier alpha value is -0.690. The predicted molar refractivity (Wildman–Crippen MR) is 81.3 cm³/mol. The Bertz CT molecular complexity index is 638. The zero-order valence-electron chi connectivity index (χ0n) is 11.8. The number of nitrogens with zero attached hydrogens (tertiary/aromatic N) is 1. The van der Waals surface area contributed by atoms with Gasteiger partial charge in [-0.25, -0.2) is 12.8 Å². The number of rotatable bonds is 2. The van der Waals surface area contributed by atoms with Gasteiger partial charge in [-0.1, -0.05) is 12.1 Å². The van der Waals surface area contributed by atoms with E-state index in [0.717, 1.165) is 12.8 Å². The summed E-state index contributed by atoms with van der Waals surface area (Å²) in [6, 6.07) is 4.56. The minimum atomic E-state index is -3.75. The van der Waals surface area contributed by atoms with E-state index in [2.05, 4.69) is 0 Å². The molecule has 3 atom stereocenters. The van der Waals surface area contributed by atoms with Crippen molar-refractivity contribution in [3.8, 4) is 0 Å². The van der Waals surface area contributed by atoms with Crippen molar-refractivity contribution < 1.29 is 12.8 Å². The van der Waals surface area contributed by atoms with Crippen LogP contribution in [0.15, 0.2) is 23.1 Å². The number of sulfonamides is 1. The summed E-state index contributed by atoms with van der Waals surface area (Å²) < 4.78 is 40.7. The number of hydrogen-bond acceptors (Lipinski definition) is 3. The molecular weight excluding hydrogens is 315 g/mol. The van der Waals surface area contributed by atoms with Gasteiger partial charge in [0.2, 0.25) is 10.0 Å². The van der Waals surface area contributed by atoms with Crippen LogP contribution < -0.4 is 5.73 Å². The molecule has 21 heavy (non-hydrogen) atoms. The summed E-state index contributed by atoms with van der Waals surface area (Å²) in [5, 5.41) is 0. The lowest BCUT2D eigenvalue weighted by molar-refractivity contribution is 0.424. The third-order valence-corrected chi connectivity index (χ3v) is 6.50. The summed E-state index contributed by atoms with van der Waals surface area (Å²) in [5.74, 6) is -0.0980. The van der Waals surface area contributed by atoms with Crippen LogP contribution in [-0.2, 0) is 10.0 Å². The molecule has 1 saturated carbocycles. The maximum atomic E-state index is 14.1. The zero-order valence-corrected chi connectivity index (χ0v) is 13.5. The lowest BCUT2D eigenvalue weighted by Crippen LogP contribution is -2.34. The fourth-order valence-electron chi connectivity index (χ4n) is 3.42. The SMILES string of the molecule is Cc1cccc(S(=O)(=O)N2CC3CCC(N)C3C2)c1F.Cl. The Labute approximate surface area is 131 Å². The maximum Gasteiger partial charge on any atom is 0.246 e. The molecule has 1 aromatic rings. The molecule has 1 saturated heterocycles. The Morgan fingerprint density at radius 2 is 2.00 bits per heavy atom. The van der Waals surface area contributed by atoms with E-state index in [-0.39, 0.29) is 29.3 Å². The van der Waals surface area contributed by atoms with E-state index >= 15 is 0 Å². The third-order valence-electron chi connectivity index (χ3n) is 4.65. The predicted octanol–water partition coefficient (Wildman–Crippen LogP) is 1.91. The van der Waals surface area contributed by atoms with Gasteiger partial charge < -0.3 is 5.73 Å². The van der Waals surface area contributed by atoms with Gasteiger partial charge in [0.05, 0.1) is 0 Å². The molecule has 0 spiro atoms. The molecule has 0 bridgehead atoms. The van der Waals surface area contributed by atoms with Crippen molar-refractivity contribution in [1.29, 1.82) is 0 Å². The summed E-state index contributed by atoms with van der Waals surface area (Å²) in [4.78, 5) is -0.217. The summed E-state index contributed by atoms with van der Waals surface area (Å²) >= 11 is 0. The van der Waals surface area contributed by atoms with Crippen molar-refractivity contribution in [3.63, 3.8) is 0 Å². The van der Waals surface area contributed by atoms with E-state index in [1.165, 1.54) is 10.4 Å². The standard InChI is InChI=1S/C14H19FN2O2S.ClH/c1-9-3-2-4-13(14(9)15)20(18,19)17-7-10-5-6-12(16)11(10)8-17;/h2-4,10-12H,5-8,16H2,1H3;1H.